The molecule has 0 saturated heterocycles. The molecule has 200 valence electrons. The average molecular weight is 502 g/mol. The van der Waals surface area contributed by atoms with Crippen LogP contribution in [0.4, 0.5) is 4.79 Å². The number of hydrogen-bond donors (Lipinski definition) is 3. The monoisotopic (exact) mass is 501 g/mol. The highest BCUT2D eigenvalue weighted by atomic mass is 16.6. The van der Waals surface area contributed by atoms with E-state index in [0.717, 1.165) is 61.6 Å². The second-order valence-corrected chi connectivity index (χ2v) is 11.3. The molecule has 1 aromatic carbocycles. The Hall–Kier alpha value is -2.61. The van der Waals surface area contributed by atoms with Crippen LogP contribution in [0.25, 0.3) is 0 Å². The number of ether oxygens (including phenoxy) is 1. The number of carbonyl (C=O) groups excluding carboxylic acids is 3. The van der Waals surface area contributed by atoms with E-state index in [1.807, 2.05) is 32.0 Å². The third-order valence-electron chi connectivity index (χ3n) is 7.19. The smallest absolute Gasteiger partial charge is 0.408 e. The molecule has 2 unspecified atom stereocenters. The van der Waals surface area contributed by atoms with Gasteiger partial charge in [0.05, 0.1) is 6.61 Å². The third-order valence-corrected chi connectivity index (χ3v) is 7.19. The first-order valence-electron chi connectivity index (χ1n) is 13.3. The van der Waals surface area contributed by atoms with Gasteiger partial charge in [-0.05, 0) is 83.4 Å². The van der Waals surface area contributed by atoms with Crippen LogP contribution in [0, 0.1) is 13.8 Å². The lowest BCUT2D eigenvalue weighted by atomic mass is 9.86. The quantitative estimate of drug-likeness (QED) is 0.498. The Morgan fingerprint density at radius 3 is 2.14 bits per heavy atom. The van der Waals surface area contributed by atoms with Crippen LogP contribution < -0.4 is 10.6 Å². The van der Waals surface area contributed by atoms with Crippen molar-refractivity contribution in [2.75, 3.05) is 6.61 Å². The van der Waals surface area contributed by atoms with Gasteiger partial charge in [0.15, 0.2) is 0 Å². The van der Waals surface area contributed by atoms with Crippen molar-refractivity contribution in [1.29, 1.82) is 0 Å². The summed E-state index contributed by atoms with van der Waals surface area (Å²) >= 11 is 0. The van der Waals surface area contributed by atoms with Crippen molar-refractivity contribution in [2.24, 2.45) is 0 Å². The second-order valence-electron chi connectivity index (χ2n) is 11.3. The van der Waals surface area contributed by atoms with Gasteiger partial charge in [0.25, 0.3) is 0 Å². The first kappa shape index (κ1) is 28.0. The van der Waals surface area contributed by atoms with Gasteiger partial charge < -0.3 is 25.4 Å². The summed E-state index contributed by atoms with van der Waals surface area (Å²) in [5.41, 5.74) is 1.91. The predicted molar refractivity (Wildman–Crippen MR) is 138 cm³/mol. The number of carbonyl (C=O) groups is 3. The fourth-order valence-electron chi connectivity index (χ4n) is 5.18. The van der Waals surface area contributed by atoms with Gasteiger partial charge in [-0.25, -0.2) is 4.79 Å². The molecule has 36 heavy (non-hydrogen) atoms. The van der Waals surface area contributed by atoms with E-state index in [4.69, 9.17) is 4.74 Å². The topological polar surface area (TPSA) is 108 Å². The molecule has 2 fully saturated rings. The number of alkyl carbamates (subject to hydrolysis) is 1. The van der Waals surface area contributed by atoms with Crippen molar-refractivity contribution in [2.45, 2.75) is 116 Å². The molecule has 2 atom stereocenters. The number of aliphatic hydroxyl groups is 1. The molecule has 2 aliphatic carbocycles. The maximum atomic E-state index is 14.0. The summed E-state index contributed by atoms with van der Waals surface area (Å²) in [5.74, 6) is -0.673. The molecule has 3 rings (SSSR count). The molecule has 3 N–H and O–H groups in total. The zero-order chi connectivity index (χ0) is 26.5. The van der Waals surface area contributed by atoms with Gasteiger partial charge in [-0.3, -0.25) is 9.59 Å². The minimum atomic E-state index is -1.21. The van der Waals surface area contributed by atoms with Gasteiger partial charge in [0.1, 0.15) is 17.7 Å². The molecule has 0 bridgehead atoms. The summed E-state index contributed by atoms with van der Waals surface area (Å²) in [6.07, 6.45) is 6.93. The van der Waals surface area contributed by atoms with Crippen LogP contribution in [-0.2, 0) is 14.3 Å². The third kappa shape index (κ3) is 6.99. The number of nitrogens with zero attached hydrogens (tertiary/aromatic N) is 1. The van der Waals surface area contributed by atoms with E-state index in [0.29, 0.717) is 0 Å². The lowest BCUT2D eigenvalue weighted by Gasteiger charge is -2.44. The van der Waals surface area contributed by atoms with Crippen molar-refractivity contribution in [3.63, 3.8) is 0 Å². The number of rotatable bonds is 8. The highest BCUT2D eigenvalue weighted by Crippen LogP contribution is 2.36. The largest absolute Gasteiger partial charge is 0.444 e. The second kappa shape index (κ2) is 12.1. The molecule has 1 aromatic rings. The van der Waals surface area contributed by atoms with Crippen LogP contribution in [0.2, 0.25) is 0 Å². The summed E-state index contributed by atoms with van der Waals surface area (Å²) in [5, 5.41) is 15.9. The molecule has 2 aliphatic rings. The van der Waals surface area contributed by atoms with E-state index >= 15 is 0 Å². The number of amides is 3. The van der Waals surface area contributed by atoms with E-state index in [2.05, 4.69) is 10.6 Å². The summed E-state index contributed by atoms with van der Waals surface area (Å²) in [7, 11) is 0. The molecule has 8 nitrogen and oxygen atoms in total. The van der Waals surface area contributed by atoms with Crippen molar-refractivity contribution < 1.29 is 24.2 Å². The Labute approximate surface area is 215 Å². The van der Waals surface area contributed by atoms with Gasteiger partial charge in [0, 0.05) is 12.1 Å². The molecule has 3 amide bonds. The van der Waals surface area contributed by atoms with Crippen molar-refractivity contribution in [3.05, 3.63) is 34.9 Å². The summed E-state index contributed by atoms with van der Waals surface area (Å²) in [6.45, 7) is 8.51. The molecule has 0 aliphatic heterocycles. The SMILES string of the molecule is Cc1cccc(C)c1C(C(=O)NC1CCCCC1)N(C(=O)C(CO)NC(=O)OC(C)(C)C)C1CCC1. The van der Waals surface area contributed by atoms with Crippen LogP contribution in [0.1, 0.15) is 94.9 Å². The average Bonchev–Trinajstić information content (AvgIpc) is 2.76. The van der Waals surface area contributed by atoms with Crippen LogP contribution in [0.3, 0.4) is 0 Å². The minimum absolute atomic E-state index is 0.0879. The molecule has 0 radical (unpaired) electrons. The first-order chi connectivity index (χ1) is 17.0. The van der Waals surface area contributed by atoms with Crippen LogP contribution in [0.15, 0.2) is 18.2 Å². The number of hydrogen-bond acceptors (Lipinski definition) is 5. The number of aryl methyl sites for hydroxylation is 2. The van der Waals surface area contributed by atoms with Crippen molar-refractivity contribution >= 4 is 17.9 Å². The zero-order valence-electron chi connectivity index (χ0n) is 22.4. The number of aliphatic hydroxyl groups excluding tert-OH is 1. The van der Waals surface area contributed by atoms with Gasteiger partial charge in [0.2, 0.25) is 11.8 Å². The summed E-state index contributed by atoms with van der Waals surface area (Å²) in [6, 6.07) is 3.73. The van der Waals surface area contributed by atoms with E-state index in [1.165, 1.54) is 6.42 Å². The Kier molecular flexibility index (Phi) is 9.39. The molecule has 8 heteroatoms. The Bertz CT molecular complexity index is 911. The van der Waals surface area contributed by atoms with Gasteiger partial charge in [-0.1, -0.05) is 37.5 Å². The number of nitrogens with one attached hydrogen (secondary N) is 2. The highest BCUT2D eigenvalue weighted by molar-refractivity contribution is 5.93. The standard InChI is InChI=1S/C28H43N3O5/c1-18-11-9-12-19(2)23(18)24(25(33)29-20-13-7-6-8-14-20)31(21-15-10-16-21)26(34)22(17-32)30-27(35)36-28(3,4)5/h9,11-12,20-22,24,32H,6-8,10,13-17H2,1-5H3,(H,29,33)(H,30,35). The van der Waals surface area contributed by atoms with E-state index in [9.17, 15) is 19.5 Å². The van der Waals surface area contributed by atoms with Crippen molar-refractivity contribution in [1.82, 2.24) is 15.5 Å². The molecule has 0 spiro atoms. The maximum absolute atomic E-state index is 14.0. The van der Waals surface area contributed by atoms with Crippen LogP contribution in [-0.4, -0.2) is 58.2 Å². The van der Waals surface area contributed by atoms with Crippen LogP contribution >= 0.6 is 0 Å². The maximum Gasteiger partial charge on any atom is 0.408 e. The van der Waals surface area contributed by atoms with E-state index in [1.54, 1.807) is 25.7 Å². The fourth-order valence-corrected chi connectivity index (χ4v) is 5.18. The lowest BCUT2D eigenvalue weighted by molar-refractivity contribution is -0.148. The molecule has 0 aromatic heterocycles. The highest BCUT2D eigenvalue weighted by Gasteiger charge is 2.43. The molecular weight excluding hydrogens is 458 g/mol. The normalized spacial score (nSPS) is 18.5. The Morgan fingerprint density at radius 1 is 1.03 bits per heavy atom. The molecule has 0 heterocycles. The Morgan fingerprint density at radius 2 is 1.64 bits per heavy atom. The van der Waals surface area contributed by atoms with Crippen LogP contribution in [0.5, 0.6) is 0 Å². The lowest BCUT2D eigenvalue weighted by Crippen LogP contribution is -2.59. The zero-order valence-corrected chi connectivity index (χ0v) is 22.4. The van der Waals surface area contributed by atoms with Gasteiger partial charge in [-0.15, -0.1) is 0 Å². The fraction of sp³-hybridized carbons (Fsp3) is 0.679. The van der Waals surface area contributed by atoms with E-state index < -0.39 is 36.3 Å². The van der Waals surface area contributed by atoms with Gasteiger partial charge in [-0.2, -0.15) is 0 Å². The Balaban J connectivity index is 1.97. The first-order valence-corrected chi connectivity index (χ1v) is 13.3. The predicted octanol–water partition coefficient (Wildman–Crippen LogP) is 4.06. The number of benzene rings is 1. The summed E-state index contributed by atoms with van der Waals surface area (Å²) in [4.78, 5) is 42.0. The summed E-state index contributed by atoms with van der Waals surface area (Å²) < 4.78 is 5.32. The molecular formula is C28H43N3O5. The minimum Gasteiger partial charge on any atom is -0.444 e. The molecule has 2 saturated carbocycles. The van der Waals surface area contributed by atoms with Gasteiger partial charge >= 0.3 is 6.09 Å². The van der Waals surface area contributed by atoms with Crippen molar-refractivity contribution in [3.8, 4) is 0 Å². The van der Waals surface area contributed by atoms with E-state index in [-0.39, 0.29) is 18.0 Å².